The molecule has 1 aromatic heterocycles. The van der Waals surface area contributed by atoms with Crippen LogP contribution in [-0.2, 0) is 0 Å². The largest absolute Gasteiger partial charge is 0.457 e. The average Bonchev–Trinajstić information content (AvgIpc) is 2.46. The van der Waals surface area contributed by atoms with Gasteiger partial charge in [-0.3, -0.25) is 20.8 Å². The lowest BCUT2D eigenvalue weighted by atomic mass is 10.2. The van der Waals surface area contributed by atoms with Gasteiger partial charge in [0, 0.05) is 24.3 Å². The monoisotopic (exact) mass is 366 g/mol. The summed E-state index contributed by atoms with van der Waals surface area (Å²) in [6.45, 7) is 1.72. The fourth-order valence-electron chi connectivity index (χ4n) is 1.67. The molecule has 0 saturated heterocycles. The number of nitrogens with zero attached hydrogens (tertiary/aromatic N) is 3. The fraction of sp³-hybridized carbons (Fsp3) is 0.0769. The molecule has 2 rings (SSSR count). The number of benzene rings is 1. The molecule has 114 valence electrons. The van der Waals surface area contributed by atoms with E-state index >= 15 is 0 Å². The molecule has 0 unspecified atom stereocenters. The number of hydrogen-bond acceptors (Lipinski definition) is 6. The van der Waals surface area contributed by atoms with Gasteiger partial charge in [0.25, 0.3) is 5.69 Å². The molecule has 9 heteroatoms. The van der Waals surface area contributed by atoms with E-state index in [2.05, 4.69) is 25.9 Å². The van der Waals surface area contributed by atoms with Crippen molar-refractivity contribution < 1.29 is 14.9 Å². The molecule has 0 bridgehead atoms. The molecule has 0 aliphatic rings. The van der Waals surface area contributed by atoms with E-state index in [9.17, 15) is 10.1 Å². The molecular formula is C13H11BrN4O4. The van der Waals surface area contributed by atoms with Gasteiger partial charge in [0.2, 0.25) is 0 Å². The summed E-state index contributed by atoms with van der Waals surface area (Å²) in [5.41, 5.74) is 2.41. The normalized spacial score (nSPS) is 10.7. The Morgan fingerprint density at radius 2 is 2.23 bits per heavy atom. The molecule has 0 aliphatic heterocycles. The van der Waals surface area contributed by atoms with Gasteiger partial charge in [0.15, 0.2) is 5.82 Å². The molecule has 0 fully saturated rings. The summed E-state index contributed by atoms with van der Waals surface area (Å²) in [5.74, 6) is 1.24. The van der Waals surface area contributed by atoms with Crippen LogP contribution < -0.4 is 10.2 Å². The van der Waals surface area contributed by atoms with E-state index in [0.29, 0.717) is 27.5 Å². The van der Waals surface area contributed by atoms with Crippen LogP contribution in [0.15, 0.2) is 39.9 Å². The first-order valence-corrected chi connectivity index (χ1v) is 6.81. The maximum absolute atomic E-state index is 10.7. The maximum Gasteiger partial charge on any atom is 0.269 e. The van der Waals surface area contributed by atoms with Crippen LogP contribution in [0.1, 0.15) is 5.56 Å². The molecule has 1 heterocycles. The van der Waals surface area contributed by atoms with E-state index in [-0.39, 0.29) is 5.69 Å². The van der Waals surface area contributed by atoms with Gasteiger partial charge in [0.05, 0.1) is 4.92 Å². The Labute approximate surface area is 133 Å². The highest BCUT2D eigenvalue weighted by Gasteiger charge is 2.10. The molecule has 0 saturated carbocycles. The topological polar surface area (TPSA) is 110 Å². The second kappa shape index (κ2) is 6.96. The molecule has 1 aromatic carbocycles. The van der Waals surface area contributed by atoms with Crippen molar-refractivity contribution in [1.29, 1.82) is 0 Å². The van der Waals surface area contributed by atoms with Crippen molar-refractivity contribution in [3.63, 3.8) is 0 Å². The van der Waals surface area contributed by atoms with E-state index in [4.69, 9.17) is 9.94 Å². The van der Waals surface area contributed by atoms with Gasteiger partial charge in [-0.1, -0.05) is 0 Å². The van der Waals surface area contributed by atoms with Crippen molar-refractivity contribution in [3.05, 3.63) is 50.6 Å². The van der Waals surface area contributed by atoms with Crippen molar-refractivity contribution in [1.82, 2.24) is 10.5 Å². The summed E-state index contributed by atoms with van der Waals surface area (Å²) in [7, 11) is 0. The van der Waals surface area contributed by atoms with Gasteiger partial charge < -0.3 is 4.74 Å². The lowest BCUT2D eigenvalue weighted by Gasteiger charge is -2.09. The Kier molecular flexibility index (Phi) is 5.02. The molecule has 2 N–H and O–H groups in total. The summed E-state index contributed by atoms with van der Waals surface area (Å²) in [4.78, 5) is 18.2. The Hall–Kier alpha value is -2.52. The van der Waals surface area contributed by atoms with Gasteiger partial charge >= 0.3 is 0 Å². The molecule has 0 amide bonds. The van der Waals surface area contributed by atoms with Crippen LogP contribution in [0.3, 0.4) is 0 Å². The third-order valence-corrected chi connectivity index (χ3v) is 3.01. The number of nitrogens with one attached hydrogen (secondary N) is 1. The lowest BCUT2D eigenvalue weighted by molar-refractivity contribution is -0.384. The van der Waals surface area contributed by atoms with Gasteiger partial charge in [-0.05, 0) is 34.5 Å². The molecule has 0 atom stereocenters. The van der Waals surface area contributed by atoms with Gasteiger partial charge in [-0.15, -0.1) is 0 Å². The molecule has 0 spiro atoms. The number of pyridine rings is 1. The molecule has 0 radical (unpaired) electrons. The fourth-order valence-corrected chi connectivity index (χ4v) is 2.08. The SMILES string of the molecule is Cc1cc([N+](=O)[O-])ccc1Oc1cc(Br)nc(/N=C\NO)c1. The van der Waals surface area contributed by atoms with Crippen molar-refractivity contribution in [3.8, 4) is 11.5 Å². The lowest BCUT2D eigenvalue weighted by Crippen LogP contribution is -2.01. The third-order valence-electron chi connectivity index (χ3n) is 2.61. The van der Waals surface area contributed by atoms with Gasteiger partial charge in [-0.2, -0.15) is 0 Å². The van der Waals surface area contributed by atoms with E-state index in [1.165, 1.54) is 18.2 Å². The minimum Gasteiger partial charge on any atom is -0.457 e. The number of ether oxygens (including phenoxy) is 1. The first-order valence-electron chi connectivity index (χ1n) is 6.02. The van der Waals surface area contributed by atoms with Crippen LogP contribution in [0.25, 0.3) is 0 Å². The summed E-state index contributed by atoms with van der Waals surface area (Å²) in [5, 5.41) is 19.2. The first kappa shape index (κ1) is 15.9. The number of aromatic nitrogens is 1. The van der Waals surface area contributed by atoms with Gasteiger partial charge in [0.1, 0.15) is 22.4 Å². The van der Waals surface area contributed by atoms with Crippen molar-refractivity contribution >= 4 is 33.8 Å². The predicted octanol–water partition coefficient (Wildman–Crippen LogP) is 3.49. The highest BCUT2D eigenvalue weighted by Crippen LogP contribution is 2.31. The third kappa shape index (κ3) is 3.99. The number of hydrogen-bond donors (Lipinski definition) is 2. The summed E-state index contributed by atoms with van der Waals surface area (Å²) >= 11 is 3.23. The Balaban J connectivity index is 2.29. The smallest absolute Gasteiger partial charge is 0.269 e. The minimum atomic E-state index is -0.464. The zero-order valence-electron chi connectivity index (χ0n) is 11.4. The van der Waals surface area contributed by atoms with Gasteiger partial charge in [-0.25, -0.2) is 9.98 Å². The number of rotatable bonds is 5. The Bertz CT molecular complexity index is 736. The standard InChI is InChI=1S/C13H11BrN4O4/c1-8-4-9(18(20)21)2-3-11(8)22-10-5-12(14)17-13(6-10)15-7-16-19/h2-7,19H,1H3,(H,15,16,17). The van der Waals surface area contributed by atoms with Crippen LogP contribution in [0, 0.1) is 17.0 Å². The molecule has 2 aromatic rings. The van der Waals surface area contributed by atoms with E-state index in [1.807, 2.05) is 0 Å². The number of aliphatic imine (C=N–C) groups is 1. The van der Waals surface area contributed by atoms with E-state index < -0.39 is 4.92 Å². The quantitative estimate of drug-likeness (QED) is 0.275. The summed E-state index contributed by atoms with van der Waals surface area (Å²) in [6, 6.07) is 7.51. The van der Waals surface area contributed by atoms with E-state index in [0.717, 1.165) is 6.34 Å². The number of halogens is 1. The zero-order chi connectivity index (χ0) is 16.1. The highest BCUT2D eigenvalue weighted by atomic mass is 79.9. The number of hydroxylamine groups is 1. The highest BCUT2D eigenvalue weighted by molar-refractivity contribution is 9.10. The minimum absolute atomic E-state index is 0.0000631. The van der Waals surface area contributed by atoms with Crippen LogP contribution >= 0.6 is 15.9 Å². The van der Waals surface area contributed by atoms with Crippen LogP contribution in [0.5, 0.6) is 11.5 Å². The van der Waals surface area contributed by atoms with Crippen molar-refractivity contribution in [2.45, 2.75) is 6.92 Å². The van der Waals surface area contributed by atoms with Crippen LogP contribution in [0.4, 0.5) is 11.5 Å². The first-order chi connectivity index (χ1) is 10.5. The molecular weight excluding hydrogens is 356 g/mol. The second-order valence-corrected chi connectivity index (χ2v) is 4.99. The van der Waals surface area contributed by atoms with E-state index in [1.54, 1.807) is 24.5 Å². The van der Waals surface area contributed by atoms with Crippen molar-refractivity contribution in [2.75, 3.05) is 0 Å². The maximum atomic E-state index is 10.7. The molecule has 22 heavy (non-hydrogen) atoms. The van der Waals surface area contributed by atoms with Crippen molar-refractivity contribution in [2.24, 2.45) is 4.99 Å². The second-order valence-electron chi connectivity index (χ2n) is 4.18. The number of non-ortho nitro benzene ring substituents is 1. The number of nitro benzene ring substituents is 1. The number of aryl methyl sites for hydroxylation is 1. The average molecular weight is 367 g/mol. The predicted molar refractivity (Wildman–Crippen MR) is 82.9 cm³/mol. The molecule has 8 nitrogen and oxygen atoms in total. The van der Waals surface area contributed by atoms with Crippen LogP contribution in [0.2, 0.25) is 0 Å². The Morgan fingerprint density at radius 3 is 2.86 bits per heavy atom. The summed E-state index contributed by atoms with van der Waals surface area (Å²) in [6.07, 6.45) is 1.07. The zero-order valence-corrected chi connectivity index (χ0v) is 12.9. The number of nitro groups is 1. The molecule has 0 aliphatic carbocycles. The Morgan fingerprint density at radius 1 is 1.45 bits per heavy atom. The summed E-state index contributed by atoms with van der Waals surface area (Å²) < 4.78 is 6.19. The van der Waals surface area contributed by atoms with Crippen LogP contribution in [-0.4, -0.2) is 21.5 Å².